The van der Waals surface area contributed by atoms with Gasteiger partial charge in [0.05, 0.1) is 10.0 Å². The van der Waals surface area contributed by atoms with E-state index in [1.54, 1.807) is 0 Å². The summed E-state index contributed by atoms with van der Waals surface area (Å²) < 4.78 is 49.1. The van der Waals surface area contributed by atoms with Gasteiger partial charge in [-0.3, -0.25) is 0 Å². The van der Waals surface area contributed by atoms with Crippen molar-refractivity contribution in [3.05, 3.63) is 33.8 Å². The van der Waals surface area contributed by atoms with Gasteiger partial charge >= 0.3 is 0 Å². The van der Waals surface area contributed by atoms with Gasteiger partial charge in [0.2, 0.25) is 0 Å². The summed E-state index contributed by atoms with van der Waals surface area (Å²) in [5.74, 6) is -2.48. The molecular weight excluding hydrogens is 240 g/mol. The predicted octanol–water partition coefficient (Wildman–Crippen LogP) is 3.66. The largest absolute Gasteiger partial charge is 0.269 e. The van der Waals surface area contributed by atoms with Crippen LogP contribution in [0.25, 0.3) is 0 Å². The second-order valence-corrected chi connectivity index (χ2v) is 2.91. The minimum atomic E-state index is -3.14. The van der Waals surface area contributed by atoms with Crippen LogP contribution in [0, 0.1) is 11.6 Å². The third kappa shape index (κ3) is 1.60. The summed E-state index contributed by atoms with van der Waals surface area (Å²) in [7, 11) is 0. The summed E-state index contributed by atoms with van der Waals surface area (Å²) in [6, 6.07) is 1.82. The van der Waals surface area contributed by atoms with E-state index in [-0.39, 0.29) is 4.47 Å². The van der Waals surface area contributed by atoms with Crippen LogP contribution in [0.4, 0.5) is 17.6 Å². The summed E-state index contributed by atoms with van der Waals surface area (Å²) in [6.07, 6.45) is -3.14. The van der Waals surface area contributed by atoms with Crippen molar-refractivity contribution >= 4 is 15.9 Å². The van der Waals surface area contributed by atoms with Gasteiger partial charge in [-0.15, -0.1) is 0 Å². The zero-order valence-corrected chi connectivity index (χ0v) is 7.21. The molecule has 0 N–H and O–H groups in total. The number of hydrogen-bond donors (Lipinski definition) is 0. The molecule has 0 spiro atoms. The van der Waals surface area contributed by atoms with Crippen LogP contribution in [0.3, 0.4) is 0 Å². The Hall–Kier alpha value is -0.580. The maximum absolute atomic E-state index is 12.7. The van der Waals surface area contributed by atoms with E-state index in [9.17, 15) is 17.6 Å². The third-order valence-corrected chi connectivity index (χ3v) is 1.91. The van der Waals surface area contributed by atoms with E-state index in [4.69, 9.17) is 0 Å². The van der Waals surface area contributed by atoms with Crippen molar-refractivity contribution in [2.75, 3.05) is 0 Å². The van der Waals surface area contributed by atoms with Crippen LogP contribution in [0.5, 0.6) is 0 Å². The highest BCUT2D eigenvalue weighted by Gasteiger charge is 2.20. The Kier molecular flexibility index (Phi) is 2.72. The lowest BCUT2D eigenvalue weighted by Gasteiger charge is -2.03. The molecule has 0 fully saturated rings. The summed E-state index contributed by atoms with van der Waals surface area (Å²) >= 11 is 2.67. The van der Waals surface area contributed by atoms with Crippen molar-refractivity contribution in [1.29, 1.82) is 0 Å². The maximum atomic E-state index is 12.7. The Morgan fingerprint density at radius 3 is 2.17 bits per heavy atom. The Bertz CT molecular complexity index is 298. The molecular formula is C7H3BrF4. The van der Waals surface area contributed by atoms with Gasteiger partial charge in [-0.05, 0) is 28.1 Å². The van der Waals surface area contributed by atoms with Gasteiger partial charge in [-0.25, -0.2) is 17.6 Å². The Morgan fingerprint density at radius 2 is 1.75 bits per heavy atom. The smallest absolute Gasteiger partial charge is 0.206 e. The number of benzene rings is 1. The fourth-order valence-corrected chi connectivity index (χ4v) is 1.09. The number of hydrogen-bond acceptors (Lipinski definition) is 0. The van der Waals surface area contributed by atoms with Crippen LogP contribution in [0.2, 0.25) is 0 Å². The Balaban J connectivity index is 3.33. The van der Waals surface area contributed by atoms with E-state index in [1.165, 1.54) is 0 Å². The van der Waals surface area contributed by atoms with Gasteiger partial charge in [0, 0.05) is 0 Å². The fraction of sp³-hybridized carbons (Fsp3) is 0.143. The highest BCUT2D eigenvalue weighted by molar-refractivity contribution is 9.10. The predicted molar refractivity (Wildman–Crippen MR) is 39.0 cm³/mol. The van der Waals surface area contributed by atoms with Crippen LogP contribution in [0.15, 0.2) is 16.6 Å². The van der Waals surface area contributed by atoms with Crippen LogP contribution < -0.4 is 0 Å². The molecule has 0 radical (unpaired) electrons. The summed E-state index contributed by atoms with van der Waals surface area (Å²) in [6.45, 7) is 0. The average Bonchev–Trinajstić information content (AvgIpc) is 1.97. The molecule has 0 heterocycles. The number of halogens is 5. The van der Waals surface area contributed by atoms with Crippen LogP contribution >= 0.6 is 15.9 Å². The first kappa shape index (κ1) is 9.51. The topological polar surface area (TPSA) is 0 Å². The first-order valence-corrected chi connectivity index (χ1v) is 3.75. The summed E-state index contributed by atoms with van der Waals surface area (Å²) in [4.78, 5) is 0. The van der Waals surface area contributed by atoms with E-state index in [0.717, 1.165) is 12.1 Å². The molecule has 0 atom stereocenters. The van der Waals surface area contributed by atoms with Crippen molar-refractivity contribution in [2.45, 2.75) is 6.43 Å². The molecule has 66 valence electrons. The van der Waals surface area contributed by atoms with E-state index in [1.807, 2.05) is 0 Å². The van der Waals surface area contributed by atoms with E-state index < -0.39 is 23.6 Å². The molecule has 0 saturated carbocycles. The van der Waals surface area contributed by atoms with E-state index in [0.29, 0.717) is 0 Å². The van der Waals surface area contributed by atoms with Gasteiger partial charge in [0.25, 0.3) is 6.43 Å². The fourth-order valence-electron chi connectivity index (χ4n) is 0.743. The summed E-state index contributed by atoms with van der Waals surface area (Å²) in [5, 5.41) is 0. The second kappa shape index (κ2) is 3.43. The second-order valence-electron chi connectivity index (χ2n) is 2.06. The summed E-state index contributed by atoms with van der Waals surface area (Å²) in [5.41, 5.74) is -1.19. The molecule has 0 nitrogen and oxygen atoms in total. The molecule has 12 heavy (non-hydrogen) atoms. The van der Waals surface area contributed by atoms with Gasteiger partial charge in [0.15, 0.2) is 0 Å². The minimum absolute atomic E-state index is 0.167. The third-order valence-electron chi connectivity index (χ3n) is 1.30. The standard InChI is InChI=1S/C7H3BrF4/c8-3-1-2-4(9)5(6(3)10)7(11)12/h1-2,7H. The molecule has 0 amide bonds. The molecule has 1 rings (SSSR count). The van der Waals surface area contributed by atoms with Gasteiger partial charge < -0.3 is 0 Å². The average molecular weight is 243 g/mol. The zero-order chi connectivity index (χ0) is 9.30. The number of alkyl halides is 2. The first-order chi connectivity index (χ1) is 5.54. The minimum Gasteiger partial charge on any atom is -0.206 e. The van der Waals surface area contributed by atoms with Crippen molar-refractivity contribution in [1.82, 2.24) is 0 Å². The molecule has 1 aromatic carbocycles. The van der Waals surface area contributed by atoms with Crippen molar-refractivity contribution in [2.24, 2.45) is 0 Å². The van der Waals surface area contributed by atoms with E-state index >= 15 is 0 Å². The lowest BCUT2D eigenvalue weighted by atomic mass is 10.2. The molecule has 0 aromatic heterocycles. The molecule has 0 saturated heterocycles. The molecule has 0 aliphatic heterocycles. The SMILES string of the molecule is Fc1ccc(Br)c(F)c1C(F)F. The van der Waals surface area contributed by atoms with Crippen LogP contribution in [-0.4, -0.2) is 0 Å². The van der Waals surface area contributed by atoms with E-state index in [2.05, 4.69) is 15.9 Å². The molecule has 5 heteroatoms. The normalized spacial score (nSPS) is 10.8. The highest BCUT2D eigenvalue weighted by atomic mass is 79.9. The number of rotatable bonds is 1. The lowest BCUT2D eigenvalue weighted by molar-refractivity contribution is 0.140. The molecule has 1 aromatic rings. The van der Waals surface area contributed by atoms with Gasteiger partial charge in [-0.2, -0.15) is 0 Å². The first-order valence-electron chi connectivity index (χ1n) is 2.95. The Labute approximate surface area is 74.3 Å². The van der Waals surface area contributed by atoms with Crippen molar-refractivity contribution < 1.29 is 17.6 Å². The highest BCUT2D eigenvalue weighted by Crippen LogP contribution is 2.29. The van der Waals surface area contributed by atoms with Gasteiger partial charge in [-0.1, -0.05) is 0 Å². The van der Waals surface area contributed by atoms with Crippen molar-refractivity contribution in [3.8, 4) is 0 Å². The molecule has 0 unspecified atom stereocenters. The quantitative estimate of drug-likeness (QED) is 0.521. The van der Waals surface area contributed by atoms with Gasteiger partial charge in [0.1, 0.15) is 11.6 Å². The van der Waals surface area contributed by atoms with Crippen LogP contribution in [0.1, 0.15) is 12.0 Å². The molecule has 0 bridgehead atoms. The zero-order valence-electron chi connectivity index (χ0n) is 5.62. The Morgan fingerprint density at radius 1 is 1.17 bits per heavy atom. The van der Waals surface area contributed by atoms with Crippen LogP contribution in [-0.2, 0) is 0 Å². The monoisotopic (exact) mass is 242 g/mol. The molecule has 0 aliphatic carbocycles. The maximum Gasteiger partial charge on any atom is 0.269 e. The van der Waals surface area contributed by atoms with Crippen molar-refractivity contribution in [3.63, 3.8) is 0 Å². The molecule has 0 aliphatic rings. The lowest BCUT2D eigenvalue weighted by Crippen LogP contribution is -1.96.